The smallest absolute Gasteiger partial charge is 0.240 e. The fourth-order valence-corrected chi connectivity index (χ4v) is 3.22. The second kappa shape index (κ2) is 8.58. The number of amides is 1. The molecule has 1 aromatic carbocycles. The van der Waals surface area contributed by atoms with Crippen LogP contribution in [0.3, 0.4) is 0 Å². The minimum Gasteiger partial charge on any atom is -0.326 e. The number of sulfonamides is 1. The van der Waals surface area contributed by atoms with Crippen molar-refractivity contribution in [3.63, 3.8) is 0 Å². The molecular weight excluding hydrogens is 391 g/mol. The van der Waals surface area contributed by atoms with Gasteiger partial charge in [0.2, 0.25) is 15.9 Å². The SMILES string of the molecule is CC(=O)Nc1ccc(S(=O)(=O)NCCCCCI)cc1. The van der Waals surface area contributed by atoms with E-state index < -0.39 is 10.0 Å². The van der Waals surface area contributed by atoms with Crippen molar-refractivity contribution in [1.82, 2.24) is 4.72 Å². The summed E-state index contributed by atoms with van der Waals surface area (Å²) in [5.41, 5.74) is 0.582. The van der Waals surface area contributed by atoms with Gasteiger partial charge in [-0.2, -0.15) is 0 Å². The van der Waals surface area contributed by atoms with Gasteiger partial charge in [-0.15, -0.1) is 0 Å². The predicted molar refractivity (Wildman–Crippen MR) is 88.7 cm³/mol. The molecule has 0 aromatic heterocycles. The maximum absolute atomic E-state index is 12.0. The fraction of sp³-hybridized carbons (Fsp3) is 0.462. The summed E-state index contributed by atoms with van der Waals surface area (Å²) in [6.45, 7) is 1.86. The maximum Gasteiger partial charge on any atom is 0.240 e. The molecule has 0 unspecified atom stereocenters. The van der Waals surface area contributed by atoms with E-state index in [4.69, 9.17) is 0 Å². The summed E-state index contributed by atoms with van der Waals surface area (Å²) >= 11 is 2.31. The number of rotatable bonds is 8. The van der Waals surface area contributed by atoms with Crippen LogP contribution in [0.5, 0.6) is 0 Å². The Morgan fingerprint density at radius 1 is 1.15 bits per heavy atom. The third-order valence-corrected chi connectivity index (χ3v) is 4.83. The number of alkyl halides is 1. The van der Waals surface area contributed by atoms with Crippen LogP contribution in [-0.2, 0) is 14.8 Å². The molecule has 0 atom stereocenters. The topological polar surface area (TPSA) is 75.3 Å². The highest BCUT2D eigenvalue weighted by Gasteiger charge is 2.12. The van der Waals surface area contributed by atoms with E-state index in [2.05, 4.69) is 32.6 Å². The predicted octanol–water partition coefficient (Wildman–Crippen LogP) is 2.53. The van der Waals surface area contributed by atoms with Gasteiger partial charge in [-0.05, 0) is 41.5 Å². The van der Waals surface area contributed by atoms with Crippen LogP contribution in [0.1, 0.15) is 26.2 Å². The van der Waals surface area contributed by atoms with Crippen LogP contribution in [0.2, 0.25) is 0 Å². The van der Waals surface area contributed by atoms with E-state index in [1.165, 1.54) is 19.1 Å². The Kier molecular flexibility index (Phi) is 7.46. The van der Waals surface area contributed by atoms with Gasteiger partial charge in [0, 0.05) is 19.2 Å². The number of carbonyl (C=O) groups excluding carboxylic acids is 1. The van der Waals surface area contributed by atoms with Gasteiger partial charge in [0.25, 0.3) is 0 Å². The molecule has 0 bridgehead atoms. The summed E-state index contributed by atoms with van der Waals surface area (Å²) in [5, 5.41) is 2.59. The van der Waals surface area contributed by atoms with E-state index in [1.807, 2.05) is 0 Å². The van der Waals surface area contributed by atoms with Gasteiger partial charge in [0.1, 0.15) is 0 Å². The van der Waals surface area contributed by atoms with Crippen LogP contribution >= 0.6 is 22.6 Å². The molecule has 112 valence electrons. The number of hydrogen-bond donors (Lipinski definition) is 2. The summed E-state index contributed by atoms with van der Waals surface area (Å²) in [6, 6.07) is 6.12. The Labute approximate surface area is 133 Å². The Hall–Kier alpha value is -0.670. The van der Waals surface area contributed by atoms with Gasteiger partial charge in [-0.3, -0.25) is 4.79 Å². The molecule has 0 radical (unpaired) electrons. The summed E-state index contributed by atoms with van der Waals surface area (Å²) in [4.78, 5) is 11.1. The molecule has 1 rings (SSSR count). The Bertz CT molecular complexity index is 529. The molecule has 0 fully saturated rings. The molecule has 1 aromatic rings. The van der Waals surface area contributed by atoms with Gasteiger partial charge >= 0.3 is 0 Å². The van der Waals surface area contributed by atoms with Crippen molar-refractivity contribution in [2.75, 3.05) is 16.3 Å². The Morgan fingerprint density at radius 3 is 2.35 bits per heavy atom. The summed E-state index contributed by atoms with van der Waals surface area (Å²) in [7, 11) is -3.46. The molecular formula is C13H19IN2O3S. The zero-order chi connectivity index (χ0) is 15.0. The summed E-state index contributed by atoms with van der Waals surface area (Å²) in [6.07, 6.45) is 2.97. The van der Waals surface area contributed by atoms with Crippen LogP contribution in [0, 0.1) is 0 Å². The summed E-state index contributed by atoms with van der Waals surface area (Å²) in [5.74, 6) is -0.186. The van der Waals surface area contributed by atoms with Crippen molar-refractivity contribution in [3.8, 4) is 0 Å². The molecule has 2 N–H and O–H groups in total. The third-order valence-electron chi connectivity index (χ3n) is 2.59. The van der Waals surface area contributed by atoms with Crippen molar-refractivity contribution in [2.24, 2.45) is 0 Å². The third kappa shape index (κ3) is 6.19. The first-order valence-corrected chi connectivity index (χ1v) is 9.40. The maximum atomic E-state index is 12.0. The Balaban J connectivity index is 2.56. The van der Waals surface area contributed by atoms with Crippen LogP contribution < -0.4 is 10.0 Å². The zero-order valence-electron chi connectivity index (χ0n) is 11.4. The first kappa shape index (κ1) is 17.4. The lowest BCUT2D eigenvalue weighted by molar-refractivity contribution is -0.114. The van der Waals surface area contributed by atoms with Crippen molar-refractivity contribution in [2.45, 2.75) is 31.1 Å². The number of carbonyl (C=O) groups is 1. The van der Waals surface area contributed by atoms with Gasteiger partial charge in [-0.25, -0.2) is 13.1 Å². The van der Waals surface area contributed by atoms with E-state index in [1.54, 1.807) is 12.1 Å². The summed E-state index contributed by atoms with van der Waals surface area (Å²) < 4.78 is 27.7. The minimum absolute atomic E-state index is 0.186. The van der Waals surface area contributed by atoms with Crippen LogP contribution in [0.4, 0.5) is 5.69 Å². The molecule has 0 spiro atoms. The standard InChI is InChI=1S/C13H19IN2O3S/c1-11(17)16-12-5-7-13(8-6-12)20(18,19)15-10-4-2-3-9-14/h5-8,15H,2-4,9-10H2,1H3,(H,16,17). The van der Waals surface area contributed by atoms with Gasteiger partial charge < -0.3 is 5.32 Å². The molecule has 7 heteroatoms. The quantitative estimate of drug-likeness (QED) is 0.393. The van der Waals surface area contributed by atoms with E-state index in [0.717, 1.165) is 23.7 Å². The molecule has 5 nitrogen and oxygen atoms in total. The van der Waals surface area contributed by atoms with Crippen molar-refractivity contribution < 1.29 is 13.2 Å². The lowest BCUT2D eigenvalue weighted by Crippen LogP contribution is -2.24. The fourth-order valence-electron chi connectivity index (χ4n) is 1.61. The first-order valence-electron chi connectivity index (χ1n) is 6.39. The first-order chi connectivity index (χ1) is 9.45. The van der Waals surface area contributed by atoms with Crippen LogP contribution in [-0.4, -0.2) is 25.3 Å². The molecule has 0 aliphatic heterocycles. The zero-order valence-corrected chi connectivity index (χ0v) is 14.3. The van der Waals surface area contributed by atoms with E-state index in [0.29, 0.717) is 12.2 Å². The lowest BCUT2D eigenvalue weighted by atomic mass is 10.3. The van der Waals surface area contributed by atoms with E-state index in [-0.39, 0.29) is 10.8 Å². The highest BCUT2D eigenvalue weighted by atomic mass is 127. The van der Waals surface area contributed by atoms with Crippen molar-refractivity contribution in [1.29, 1.82) is 0 Å². The molecule has 1 amide bonds. The minimum atomic E-state index is -3.46. The molecule has 0 aliphatic carbocycles. The van der Waals surface area contributed by atoms with Gasteiger partial charge in [0.15, 0.2) is 0 Å². The average molecular weight is 410 g/mol. The normalized spacial score (nSPS) is 11.3. The van der Waals surface area contributed by atoms with Gasteiger partial charge in [-0.1, -0.05) is 29.0 Å². The van der Waals surface area contributed by atoms with Gasteiger partial charge in [0.05, 0.1) is 4.90 Å². The van der Waals surface area contributed by atoms with Crippen LogP contribution in [0.15, 0.2) is 29.2 Å². The number of benzene rings is 1. The number of nitrogens with one attached hydrogen (secondary N) is 2. The highest BCUT2D eigenvalue weighted by molar-refractivity contribution is 14.1. The van der Waals surface area contributed by atoms with Crippen molar-refractivity contribution in [3.05, 3.63) is 24.3 Å². The van der Waals surface area contributed by atoms with E-state index in [9.17, 15) is 13.2 Å². The molecule has 20 heavy (non-hydrogen) atoms. The Morgan fingerprint density at radius 2 is 1.80 bits per heavy atom. The monoisotopic (exact) mass is 410 g/mol. The highest BCUT2D eigenvalue weighted by Crippen LogP contribution is 2.14. The lowest BCUT2D eigenvalue weighted by Gasteiger charge is -2.07. The average Bonchev–Trinajstić information content (AvgIpc) is 2.38. The second-order valence-corrected chi connectivity index (χ2v) is 7.20. The molecule has 0 aliphatic rings. The largest absolute Gasteiger partial charge is 0.326 e. The van der Waals surface area contributed by atoms with Crippen LogP contribution in [0.25, 0.3) is 0 Å². The number of halogens is 1. The molecule has 0 heterocycles. The molecule has 0 saturated heterocycles. The van der Waals surface area contributed by atoms with E-state index >= 15 is 0 Å². The number of hydrogen-bond acceptors (Lipinski definition) is 3. The van der Waals surface area contributed by atoms with Crippen molar-refractivity contribution >= 4 is 44.2 Å². The number of anilines is 1. The second-order valence-electron chi connectivity index (χ2n) is 4.35. The molecule has 0 saturated carbocycles. The number of unbranched alkanes of at least 4 members (excludes halogenated alkanes) is 2.